The number of ether oxygens (including phenoxy) is 1. The summed E-state index contributed by atoms with van der Waals surface area (Å²) in [5.74, 6) is -0.140. The lowest BCUT2D eigenvalue weighted by Crippen LogP contribution is -2.48. The maximum Gasteiger partial charge on any atom is 0.257 e. The highest BCUT2D eigenvalue weighted by molar-refractivity contribution is 6.30. The number of piperidine rings is 1. The predicted octanol–water partition coefficient (Wildman–Crippen LogP) is 5.04. The van der Waals surface area contributed by atoms with Gasteiger partial charge in [0.1, 0.15) is 0 Å². The molecule has 2 amide bonds. The molecule has 3 heterocycles. The van der Waals surface area contributed by atoms with Crippen LogP contribution in [0.5, 0.6) is 0 Å². The molecule has 0 saturated carbocycles. The second-order valence-electron chi connectivity index (χ2n) is 11.4. The molecule has 2 aliphatic heterocycles. The summed E-state index contributed by atoms with van der Waals surface area (Å²) in [7, 11) is 3.58. The number of pyridine rings is 1. The smallest absolute Gasteiger partial charge is 0.257 e. The van der Waals surface area contributed by atoms with Gasteiger partial charge < -0.3 is 19.6 Å². The zero-order chi connectivity index (χ0) is 30.2. The van der Waals surface area contributed by atoms with Crippen LogP contribution in [0.15, 0.2) is 60.8 Å². The first-order valence-corrected chi connectivity index (χ1v) is 14.8. The van der Waals surface area contributed by atoms with E-state index >= 15 is 0 Å². The van der Waals surface area contributed by atoms with E-state index in [-0.39, 0.29) is 24.4 Å². The first-order valence-electron chi connectivity index (χ1n) is 14.0. The number of aromatic nitrogens is 1. The first kappa shape index (κ1) is 30.4. The number of rotatable bonds is 8. The Morgan fingerprint density at radius 2 is 1.79 bits per heavy atom. The third kappa shape index (κ3) is 5.66. The van der Waals surface area contributed by atoms with Gasteiger partial charge in [-0.05, 0) is 62.7 Å². The van der Waals surface area contributed by atoms with Gasteiger partial charge in [-0.25, -0.2) is 0 Å². The van der Waals surface area contributed by atoms with Crippen molar-refractivity contribution in [3.63, 3.8) is 0 Å². The van der Waals surface area contributed by atoms with E-state index in [9.17, 15) is 14.7 Å². The van der Waals surface area contributed by atoms with Crippen molar-refractivity contribution in [3.05, 3.63) is 98.8 Å². The number of likely N-dealkylation sites (N-methyl/N-ethyl adjacent to an activating group) is 1. The molecule has 1 N–H and O–H groups in total. The van der Waals surface area contributed by atoms with Crippen molar-refractivity contribution in [1.29, 1.82) is 0 Å². The van der Waals surface area contributed by atoms with Crippen LogP contribution in [-0.4, -0.2) is 76.4 Å². The lowest BCUT2D eigenvalue weighted by molar-refractivity contribution is -0.130. The molecule has 0 bridgehead atoms. The van der Waals surface area contributed by atoms with Crippen molar-refractivity contribution < 1.29 is 19.4 Å². The summed E-state index contributed by atoms with van der Waals surface area (Å²) in [5.41, 5.74) is 0.696. The number of halogens is 2. The third-order valence-corrected chi connectivity index (χ3v) is 9.07. The van der Waals surface area contributed by atoms with Crippen LogP contribution in [0.1, 0.15) is 59.4 Å². The van der Waals surface area contributed by atoms with E-state index in [0.717, 1.165) is 18.4 Å². The molecule has 1 fully saturated rings. The molecule has 1 unspecified atom stereocenters. The number of methoxy groups -OCH3 is 1. The van der Waals surface area contributed by atoms with Gasteiger partial charge in [0.15, 0.2) is 5.72 Å². The number of carbonyl (C=O) groups excluding carboxylic acids is 2. The lowest BCUT2D eigenvalue weighted by Gasteiger charge is -2.39. The molecule has 0 aliphatic carbocycles. The maximum absolute atomic E-state index is 14.2. The molecular weight excluding hydrogens is 575 g/mol. The Balaban J connectivity index is 1.48. The van der Waals surface area contributed by atoms with Crippen molar-refractivity contribution in [2.75, 3.05) is 33.8 Å². The number of hydrogen-bond donors (Lipinski definition) is 1. The molecule has 5 rings (SSSR count). The van der Waals surface area contributed by atoms with E-state index in [1.54, 1.807) is 62.4 Å². The molecule has 0 radical (unpaired) electrons. The van der Waals surface area contributed by atoms with Gasteiger partial charge in [0, 0.05) is 67.6 Å². The van der Waals surface area contributed by atoms with E-state index in [0.29, 0.717) is 52.1 Å². The summed E-state index contributed by atoms with van der Waals surface area (Å²) >= 11 is 12.3. The van der Waals surface area contributed by atoms with Crippen LogP contribution >= 0.6 is 23.2 Å². The third-order valence-electron chi connectivity index (χ3n) is 8.59. The second-order valence-corrected chi connectivity index (χ2v) is 12.3. The lowest BCUT2D eigenvalue weighted by atomic mass is 9.88. The Hall–Kier alpha value is -3.01. The minimum atomic E-state index is -1.23. The van der Waals surface area contributed by atoms with Gasteiger partial charge >= 0.3 is 0 Å². The quantitative estimate of drug-likeness (QED) is 0.384. The van der Waals surface area contributed by atoms with Gasteiger partial charge in [-0.1, -0.05) is 47.5 Å². The number of fused-ring (bicyclic) bond motifs is 1. The minimum Gasteiger partial charge on any atom is -0.384 e. The minimum absolute atomic E-state index is 0.0949. The predicted molar refractivity (Wildman–Crippen MR) is 162 cm³/mol. The van der Waals surface area contributed by atoms with Gasteiger partial charge in [-0.2, -0.15) is 0 Å². The van der Waals surface area contributed by atoms with Crippen LogP contribution in [0.25, 0.3) is 0 Å². The van der Waals surface area contributed by atoms with Crippen LogP contribution in [0.3, 0.4) is 0 Å². The normalized spacial score (nSPS) is 20.6. The van der Waals surface area contributed by atoms with Crippen molar-refractivity contribution in [2.24, 2.45) is 0 Å². The van der Waals surface area contributed by atoms with Gasteiger partial charge in [0.05, 0.1) is 22.9 Å². The zero-order valence-corrected chi connectivity index (χ0v) is 25.8. The molecule has 0 spiro atoms. The Morgan fingerprint density at radius 1 is 1.12 bits per heavy atom. The molecule has 42 heavy (non-hydrogen) atoms. The Kier molecular flexibility index (Phi) is 8.65. The molecule has 222 valence electrons. The number of benzene rings is 2. The highest BCUT2D eigenvalue weighted by Gasteiger charge is 2.52. The van der Waals surface area contributed by atoms with Crippen LogP contribution in [0.4, 0.5) is 0 Å². The highest BCUT2D eigenvalue weighted by atomic mass is 35.5. The van der Waals surface area contributed by atoms with Gasteiger partial charge in [0.25, 0.3) is 5.91 Å². The molecular formula is C32H36Cl2N4O4. The number of likely N-dealkylation sites (tertiary alicyclic amines) is 1. The van der Waals surface area contributed by atoms with Crippen LogP contribution in [0.2, 0.25) is 10.0 Å². The van der Waals surface area contributed by atoms with E-state index in [2.05, 4.69) is 9.88 Å². The van der Waals surface area contributed by atoms with E-state index in [1.807, 2.05) is 36.2 Å². The van der Waals surface area contributed by atoms with Crippen LogP contribution in [-0.2, 0) is 27.4 Å². The number of hydrogen-bond acceptors (Lipinski definition) is 6. The van der Waals surface area contributed by atoms with Crippen LogP contribution < -0.4 is 0 Å². The summed E-state index contributed by atoms with van der Waals surface area (Å²) in [6.07, 6.45) is 3.25. The second kappa shape index (κ2) is 11.9. The van der Waals surface area contributed by atoms with Gasteiger partial charge in [-0.3, -0.25) is 19.5 Å². The Labute approximate surface area is 256 Å². The maximum atomic E-state index is 14.2. The fourth-order valence-electron chi connectivity index (χ4n) is 6.28. The summed E-state index contributed by atoms with van der Waals surface area (Å²) in [4.78, 5) is 36.0. The van der Waals surface area contributed by atoms with E-state index < -0.39 is 11.3 Å². The topological polar surface area (TPSA) is 86.2 Å². The fraction of sp³-hybridized carbons (Fsp3) is 0.406. The van der Waals surface area contributed by atoms with Crippen molar-refractivity contribution >= 4 is 35.0 Å². The van der Waals surface area contributed by atoms with E-state index in [4.69, 9.17) is 27.9 Å². The standard InChI is InChI=1S/C32H36Cl2N4O4/c1-21(39)37-15-13-27(14-16-37)36(3)20-31(2,41)23-7-12-29-28(17-23)30(40)38(19-26-11-10-25(34)18-35-26)32(29,42-4)22-5-8-24(33)9-6-22/h5-12,17-18,27,41H,13-16,19-20H2,1-4H3/t31?,32-/m1/s1. The van der Waals surface area contributed by atoms with Gasteiger partial charge in [-0.15, -0.1) is 0 Å². The summed E-state index contributed by atoms with van der Waals surface area (Å²) in [6.45, 7) is 5.34. The van der Waals surface area contributed by atoms with Crippen molar-refractivity contribution in [2.45, 2.75) is 50.6 Å². The molecule has 2 aliphatic rings. The van der Waals surface area contributed by atoms with Crippen molar-refractivity contribution in [3.8, 4) is 0 Å². The zero-order valence-electron chi connectivity index (χ0n) is 24.3. The van der Waals surface area contributed by atoms with E-state index in [1.165, 1.54) is 0 Å². The molecule has 10 heteroatoms. The average molecular weight is 612 g/mol. The largest absolute Gasteiger partial charge is 0.384 e. The Bertz CT molecular complexity index is 1460. The number of amides is 2. The summed E-state index contributed by atoms with van der Waals surface area (Å²) < 4.78 is 6.23. The SMILES string of the molecule is CO[C@]1(c2ccc(Cl)cc2)c2ccc(C(C)(O)CN(C)C3CCN(C(C)=O)CC3)cc2C(=O)N1Cc1ccc(Cl)cn1. The highest BCUT2D eigenvalue weighted by Crippen LogP contribution is 2.47. The summed E-state index contributed by atoms with van der Waals surface area (Å²) in [5, 5.41) is 12.8. The fourth-order valence-corrected chi connectivity index (χ4v) is 6.52. The molecule has 2 atom stereocenters. The molecule has 3 aromatic rings. The summed E-state index contributed by atoms with van der Waals surface area (Å²) in [6, 6.07) is 16.5. The molecule has 1 saturated heterocycles. The monoisotopic (exact) mass is 610 g/mol. The number of nitrogens with zero attached hydrogens (tertiary/aromatic N) is 4. The average Bonchev–Trinajstić information content (AvgIpc) is 3.21. The Morgan fingerprint density at radius 3 is 2.38 bits per heavy atom. The molecule has 1 aromatic heterocycles. The first-order chi connectivity index (χ1) is 20.0. The van der Waals surface area contributed by atoms with Crippen LogP contribution in [0, 0.1) is 0 Å². The number of aliphatic hydroxyl groups is 1. The molecule has 2 aromatic carbocycles. The van der Waals surface area contributed by atoms with Crippen molar-refractivity contribution in [1.82, 2.24) is 19.7 Å². The number of carbonyl (C=O) groups is 2. The molecule has 8 nitrogen and oxygen atoms in total. The van der Waals surface area contributed by atoms with Gasteiger partial charge in [0.2, 0.25) is 5.91 Å².